The first-order valence-electron chi connectivity index (χ1n) is 8.07. The van der Waals surface area contributed by atoms with Crippen LogP contribution in [0.4, 0.5) is 6.01 Å². The number of anilines is 1. The molecule has 0 bridgehead atoms. The first-order valence-corrected chi connectivity index (χ1v) is 8.07. The lowest BCUT2D eigenvalue weighted by Crippen LogP contribution is -2.47. The number of aryl methyl sites for hydroxylation is 1. The van der Waals surface area contributed by atoms with E-state index in [9.17, 15) is 5.11 Å². The number of fused-ring (bicyclic) bond motifs is 2. The normalized spacial score (nSPS) is 23.0. The summed E-state index contributed by atoms with van der Waals surface area (Å²) in [5.41, 5.74) is 2.54. The third-order valence-corrected chi connectivity index (χ3v) is 5.29. The van der Waals surface area contributed by atoms with E-state index in [2.05, 4.69) is 39.4 Å². The van der Waals surface area contributed by atoms with Crippen LogP contribution in [0, 0.1) is 0 Å². The van der Waals surface area contributed by atoms with Crippen molar-refractivity contribution in [2.75, 3.05) is 18.0 Å². The zero-order valence-electron chi connectivity index (χ0n) is 12.8. The molecule has 2 aliphatic rings. The predicted molar refractivity (Wildman–Crippen MR) is 83.0 cm³/mol. The Morgan fingerprint density at radius 2 is 2.05 bits per heavy atom. The van der Waals surface area contributed by atoms with Gasteiger partial charge in [0.2, 0.25) is 5.89 Å². The lowest BCUT2D eigenvalue weighted by Gasteiger charge is -2.41. The molecule has 4 rings (SSSR count). The van der Waals surface area contributed by atoms with Crippen molar-refractivity contribution in [3.63, 3.8) is 0 Å². The van der Waals surface area contributed by atoms with Crippen LogP contribution < -0.4 is 4.90 Å². The minimum absolute atomic E-state index is 0.0965. The average Bonchev–Trinajstić information content (AvgIpc) is 3.13. The molecule has 5 nitrogen and oxygen atoms in total. The largest absolute Gasteiger partial charge is 0.408 e. The predicted octanol–water partition coefficient (Wildman–Crippen LogP) is 2.09. The average molecular weight is 299 g/mol. The van der Waals surface area contributed by atoms with E-state index in [1.165, 1.54) is 11.1 Å². The van der Waals surface area contributed by atoms with Crippen LogP contribution in [0.1, 0.15) is 36.8 Å². The number of aliphatic hydroxyl groups is 1. The molecule has 0 amide bonds. The highest BCUT2D eigenvalue weighted by Gasteiger charge is 2.47. The van der Waals surface area contributed by atoms with Crippen LogP contribution in [-0.4, -0.2) is 34.5 Å². The number of piperidine rings is 1. The molecule has 0 radical (unpaired) electrons. The zero-order chi connectivity index (χ0) is 15.2. The number of hydrogen-bond donors (Lipinski definition) is 1. The van der Waals surface area contributed by atoms with Crippen molar-refractivity contribution in [1.82, 2.24) is 10.2 Å². The van der Waals surface area contributed by atoms with Crippen molar-refractivity contribution < 1.29 is 9.52 Å². The molecule has 1 N–H and O–H groups in total. The molecule has 22 heavy (non-hydrogen) atoms. The van der Waals surface area contributed by atoms with Gasteiger partial charge in [-0.05, 0) is 30.4 Å². The van der Waals surface area contributed by atoms with E-state index in [-0.39, 0.29) is 11.5 Å². The molecular weight excluding hydrogens is 278 g/mol. The second-order valence-electron chi connectivity index (χ2n) is 6.35. The second kappa shape index (κ2) is 5.09. The molecule has 116 valence electrons. The highest BCUT2D eigenvalue weighted by Crippen LogP contribution is 2.46. The molecule has 0 saturated carbocycles. The van der Waals surface area contributed by atoms with Gasteiger partial charge in [0.15, 0.2) is 0 Å². The summed E-state index contributed by atoms with van der Waals surface area (Å²) < 4.78 is 5.66. The van der Waals surface area contributed by atoms with Crippen molar-refractivity contribution in [1.29, 1.82) is 0 Å². The first kappa shape index (κ1) is 13.8. The van der Waals surface area contributed by atoms with Crippen molar-refractivity contribution in [3.8, 4) is 0 Å². The molecular formula is C17H21N3O2. The van der Waals surface area contributed by atoms with Crippen LogP contribution in [0.3, 0.4) is 0 Å². The van der Waals surface area contributed by atoms with Crippen LogP contribution in [0.5, 0.6) is 0 Å². The Balaban J connectivity index is 1.56. The molecule has 1 fully saturated rings. The van der Waals surface area contributed by atoms with E-state index >= 15 is 0 Å². The van der Waals surface area contributed by atoms with Crippen LogP contribution in [0.2, 0.25) is 0 Å². The molecule has 2 heterocycles. The van der Waals surface area contributed by atoms with E-state index < -0.39 is 0 Å². The van der Waals surface area contributed by atoms with Gasteiger partial charge in [-0.25, -0.2) is 0 Å². The highest BCUT2D eigenvalue weighted by molar-refractivity contribution is 5.43. The topological polar surface area (TPSA) is 62.4 Å². The zero-order valence-corrected chi connectivity index (χ0v) is 12.8. The van der Waals surface area contributed by atoms with Crippen LogP contribution in [0.15, 0.2) is 28.7 Å². The smallest absolute Gasteiger partial charge is 0.318 e. The number of nitrogens with zero attached hydrogens (tertiary/aromatic N) is 3. The van der Waals surface area contributed by atoms with Gasteiger partial charge < -0.3 is 14.4 Å². The number of aromatic nitrogens is 2. The highest BCUT2D eigenvalue weighted by atomic mass is 16.4. The Hall–Kier alpha value is -1.88. The summed E-state index contributed by atoms with van der Waals surface area (Å²) in [5, 5.41) is 18.8. The van der Waals surface area contributed by atoms with E-state index in [0.29, 0.717) is 11.9 Å². The molecule has 1 aromatic heterocycles. The summed E-state index contributed by atoms with van der Waals surface area (Å²) >= 11 is 0. The van der Waals surface area contributed by atoms with Gasteiger partial charge in [-0.15, -0.1) is 5.10 Å². The molecule has 2 aromatic rings. The molecule has 5 heteroatoms. The van der Waals surface area contributed by atoms with Crippen LogP contribution in [0.25, 0.3) is 0 Å². The van der Waals surface area contributed by atoms with Gasteiger partial charge in [0, 0.05) is 24.9 Å². The molecule has 1 aromatic carbocycles. The van der Waals surface area contributed by atoms with E-state index in [0.717, 1.165) is 38.8 Å². The fraction of sp³-hybridized carbons (Fsp3) is 0.529. The Labute approximate surface area is 130 Å². The first-order chi connectivity index (χ1) is 10.7. The fourth-order valence-corrected chi connectivity index (χ4v) is 3.98. The fourth-order valence-electron chi connectivity index (χ4n) is 3.98. The summed E-state index contributed by atoms with van der Waals surface area (Å²) in [6.45, 7) is 3.70. The third-order valence-electron chi connectivity index (χ3n) is 5.29. The Morgan fingerprint density at radius 3 is 2.77 bits per heavy atom. The van der Waals surface area contributed by atoms with Crippen LogP contribution in [-0.2, 0) is 18.3 Å². The Kier molecular flexibility index (Phi) is 3.18. The number of aliphatic hydroxyl groups excluding tert-OH is 1. The van der Waals surface area contributed by atoms with Crippen LogP contribution >= 0.6 is 0 Å². The van der Waals surface area contributed by atoms with E-state index in [1.54, 1.807) is 0 Å². The summed E-state index contributed by atoms with van der Waals surface area (Å²) in [6.07, 6.45) is 3.11. The van der Waals surface area contributed by atoms with Gasteiger partial charge in [0.1, 0.15) is 0 Å². The van der Waals surface area contributed by atoms with Gasteiger partial charge in [0.25, 0.3) is 0 Å². The summed E-state index contributed by atoms with van der Waals surface area (Å²) in [7, 11) is 0. The molecule has 1 atom stereocenters. The SMILES string of the molecule is CCc1nnc(N2CCC3(CC2)c2ccccc2C[C@H]3O)o1. The number of hydrogen-bond acceptors (Lipinski definition) is 5. The Morgan fingerprint density at radius 1 is 1.27 bits per heavy atom. The summed E-state index contributed by atoms with van der Waals surface area (Å²) in [4.78, 5) is 2.14. The van der Waals surface area contributed by atoms with E-state index in [1.807, 2.05) is 6.92 Å². The quantitative estimate of drug-likeness (QED) is 0.920. The summed E-state index contributed by atoms with van der Waals surface area (Å²) in [6, 6.07) is 9.09. The van der Waals surface area contributed by atoms with Gasteiger partial charge in [-0.1, -0.05) is 36.3 Å². The summed E-state index contributed by atoms with van der Waals surface area (Å²) in [5.74, 6) is 0.682. The molecule has 1 saturated heterocycles. The van der Waals surface area contributed by atoms with Crippen molar-refractivity contribution >= 4 is 6.01 Å². The molecule has 1 spiro atoms. The van der Waals surface area contributed by atoms with Gasteiger partial charge in [0.05, 0.1) is 6.10 Å². The standard InChI is InChI=1S/C17H21N3O2/c1-2-15-18-19-16(22-15)20-9-7-17(8-10-20)13-6-4-3-5-12(13)11-14(17)21/h3-6,14,21H,2,7-11H2,1H3/t14-/m1/s1. The van der Waals surface area contributed by atoms with Crippen molar-refractivity contribution in [2.24, 2.45) is 0 Å². The molecule has 1 aliphatic carbocycles. The third kappa shape index (κ3) is 1.96. The van der Waals surface area contributed by atoms with Gasteiger partial charge in [-0.3, -0.25) is 0 Å². The monoisotopic (exact) mass is 299 g/mol. The Bertz CT molecular complexity index is 674. The molecule has 0 unspecified atom stereocenters. The number of rotatable bonds is 2. The van der Waals surface area contributed by atoms with Crippen molar-refractivity contribution in [3.05, 3.63) is 41.3 Å². The minimum atomic E-state index is -0.277. The maximum atomic E-state index is 10.7. The lowest BCUT2D eigenvalue weighted by molar-refractivity contribution is 0.0774. The van der Waals surface area contributed by atoms with Gasteiger partial charge >= 0.3 is 6.01 Å². The van der Waals surface area contributed by atoms with Gasteiger partial charge in [-0.2, -0.15) is 0 Å². The maximum Gasteiger partial charge on any atom is 0.318 e. The minimum Gasteiger partial charge on any atom is -0.408 e. The maximum absolute atomic E-state index is 10.7. The molecule has 1 aliphatic heterocycles. The van der Waals surface area contributed by atoms with E-state index in [4.69, 9.17) is 4.42 Å². The second-order valence-corrected chi connectivity index (χ2v) is 6.35. The lowest BCUT2D eigenvalue weighted by atomic mass is 9.72. The van der Waals surface area contributed by atoms with Crippen molar-refractivity contribution in [2.45, 2.75) is 44.1 Å². The number of benzene rings is 1.